The Bertz CT molecular complexity index is 7850. The maximum Gasteiger partial charge on any atom is 0.0973 e. The van der Waals surface area contributed by atoms with Crippen LogP contribution in [0, 0.1) is 0 Å². The molecular formula is C127H90N8. The molecule has 0 aliphatic carbocycles. The predicted octanol–water partition coefficient (Wildman–Crippen LogP) is 33.3. The molecule has 0 amide bonds. The second kappa shape index (κ2) is 39.5. The van der Waals surface area contributed by atoms with Gasteiger partial charge >= 0.3 is 0 Å². The third kappa shape index (κ3) is 18.7. The van der Waals surface area contributed by atoms with Gasteiger partial charge in [0.2, 0.25) is 0 Å². The molecule has 8 nitrogen and oxygen atoms in total. The van der Waals surface area contributed by atoms with Gasteiger partial charge in [-0.05, 0) is 170 Å². The third-order valence-electron chi connectivity index (χ3n) is 24.6. The molecule has 0 aliphatic heterocycles. The van der Waals surface area contributed by atoms with Gasteiger partial charge in [0.05, 0.1) is 73.0 Å². The van der Waals surface area contributed by atoms with Crippen molar-refractivity contribution in [1.82, 2.24) is 29.9 Å². The number of fused-ring (bicyclic) bond motifs is 3. The molecule has 0 aliphatic rings. The normalized spacial score (nSPS) is 11.2. The van der Waals surface area contributed by atoms with Crippen LogP contribution >= 0.6 is 0 Å². The van der Waals surface area contributed by atoms with Gasteiger partial charge in [0, 0.05) is 73.3 Å². The lowest BCUT2D eigenvalue weighted by atomic mass is 9.83. The fraction of sp³-hybridized carbons (Fsp3) is 0.00787. The predicted molar refractivity (Wildman–Crippen MR) is 562 cm³/mol. The van der Waals surface area contributed by atoms with E-state index in [1.54, 1.807) is 0 Å². The smallest absolute Gasteiger partial charge is 0.0973 e. The summed E-state index contributed by atoms with van der Waals surface area (Å²) >= 11 is 0. The van der Waals surface area contributed by atoms with Crippen molar-refractivity contribution in [1.29, 1.82) is 0 Å². The highest BCUT2D eigenvalue weighted by Crippen LogP contribution is 2.45. The molecule has 135 heavy (non-hydrogen) atoms. The summed E-state index contributed by atoms with van der Waals surface area (Å²) in [6.45, 7) is 0. The molecule has 0 spiro atoms. The molecule has 20 aromatic carbocycles. The van der Waals surface area contributed by atoms with Crippen LogP contribution in [-0.4, -0.2) is 29.9 Å². The quantitative estimate of drug-likeness (QED) is 0.0698. The van der Waals surface area contributed by atoms with Gasteiger partial charge in [-0.1, -0.05) is 437 Å². The molecule has 1 unspecified atom stereocenters. The van der Waals surface area contributed by atoms with E-state index in [4.69, 9.17) is 29.9 Å². The summed E-state index contributed by atoms with van der Waals surface area (Å²) in [5, 5.41) is 0. The number of aromatic nitrogens is 6. The van der Waals surface area contributed by atoms with E-state index in [2.05, 4.69) is 434 Å². The van der Waals surface area contributed by atoms with E-state index in [-0.39, 0.29) is 5.92 Å². The molecule has 1 atom stereocenters. The van der Waals surface area contributed by atoms with Gasteiger partial charge in [0.15, 0.2) is 0 Å². The standard InChI is InChI=1S/C45H32N2.C44H31N3.C38H27N3/c1-4-13-32(14-5-1)34-23-25-35(26-24-34)43(40-20-12-19-39(31-40)33-15-6-2-7-16-33)36-27-29-38(30-28-36)45-44(37-17-8-3-9-18-37)46-41-21-10-11-22-42(41)47-45;1-4-12-32(13-5-1)34-20-26-38(27-21-34)47(39-28-22-35(23-29-39)33-14-6-2-7-15-33)40-30-24-37(25-31-40)44-43(36-16-8-3-9-17-36)45-41-18-10-11-19-42(41)46-44;1-4-14-28(15-5-1)33-20-10-13-23-36(33)41(31-18-8-3-9-19-31)32-26-24-30(25-27-32)38-37(29-16-6-2-7-17-29)39-34-21-11-12-22-35(34)40-38/h1-31,43H;1-31H;1-27H. The van der Waals surface area contributed by atoms with Gasteiger partial charge in [-0.15, -0.1) is 0 Å². The van der Waals surface area contributed by atoms with Gasteiger partial charge in [0.25, 0.3) is 0 Å². The summed E-state index contributed by atoms with van der Waals surface area (Å²) in [4.78, 5) is 35.2. The molecule has 23 aromatic rings. The van der Waals surface area contributed by atoms with Crippen LogP contribution < -0.4 is 9.80 Å². The zero-order chi connectivity index (χ0) is 90.3. The number of hydrogen-bond donors (Lipinski definition) is 0. The molecule has 8 heteroatoms. The summed E-state index contributed by atoms with van der Waals surface area (Å²) in [7, 11) is 0. The van der Waals surface area contributed by atoms with Crippen molar-refractivity contribution >= 4 is 67.2 Å². The summed E-state index contributed by atoms with van der Waals surface area (Å²) in [5.74, 6) is 0.0498. The van der Waals surface area contributed by atoms with Crippen molar-refractivity contribution in [2.45, 2.75) is 5.92 Å². The van der Waals surface area contributed by atoms with Crippen molar-refractivity contribution in [3.05, 3.63) is 557 Å². The van der Waals surface area contributed by atoms with Crippen molar-refractivity contribution in [2.24, 2.45) is 0 Å². The van der Waals surface area contributed by atoms with E-state index in [1.807, 2.05) is 115 Å². The first kappa shape index (κ1) is 83.9. The zero-order valence-electron chi connectivity index (χ0n) is 74.0. The van der Waals surface area contributed by atoms with E-state index in [9.17, 15) is 0 Å². The Balaban J connectivity index is 0.000000122. The molecule has 0 saturated heterocycles. The van der Waals surface area contributed by atoms with E-state index in [0.717, 1.165) is 135 Å². The molecule has 0 fully saturated rings. The third-order valence-corrected chi connectivity index (χ3v) is 24.6. The number of benzene rings is 20. The van der Waals surface area contributed by atoms with Crippen molar-refractivity contribution in [3.63, 3.8) is 0 Å². The van der Waals surface area contributed by atoms with Crippen molar-refractivity contribution in [3.8, 4) is 123 Å². The SMILES string of the molecule is c1ccc(-c2ccc(C(c3ccc(-c4nc5ccccc5nc4-c4ccccc4)cc3)c3cccc(-c4ccccc4)c3)cc2)cc1.c1ccc(-c2ccc(N(c3ccc(-c4ccccc4)cc3)c3ccc(-c4nc5ccccc5nc4-c4ccccc4)cc3)cc2)cc1.c1ccc(-c2ccccc2N(c2ccccc2)c2ccc(-c3nc4ccccc4nc3-c3ccccc3)cc2)cc1. The van der Waals surface area contributed by atoms with E-state index in [0.29, 0.717) is 0 Å². The molecule has 23 rings (SSSR count). The lowest BCUT2D eigenvalue weighted by Crippen LogP contribution is -2.11. The Kier molecular flexibility index (Phi) is 24.6. The minimum atomic E-state index is 0.0498. The summed E-state index contributed by atoms with van der Waals surface area (Å²) in [6.07, 6.45) is 0. The molecule has 0 radical (unpaired) electrons. The van der Waals surface area contributed by atoms with Crippen LogP contribution in [0.2, 0.25) is 0 Å². The monoisotopic (exact) mass is 1730 g/mol. The molecule has 0 saturated carbocycles. The number of nitrogens with zero attached hydrogens (tertiary/aromatic N) is 8. The zero-order valence-corrected chi connectivity index (χ0v) is 74.0. The Morgan fingerprint density at radius 3 is 0.659 bits per heavy atom. The van der Waals surface area contributed by atoms with Gasteiger partial charge in [-0.2, -0.15) is 0 Å². The molecule has 3 heterocycles. The van der Waals surface area contributed by atoms with E-state index >= 15 is 0 Å². The number of rotatable bonds is 20. The minimum absolute atomic E-state index is 0.0498. The molecular weight excluding hydrogens is 1640 g/mol. The number of anilines is 6. The first-order chi connectivity index (χ1) is 66.9. The minimum Gasteiger partial charge on any atom is -0.311 e. The highest BCUT2D eigenvalue weighted by molar-refractivity contribution is 5.93. The van der Waals surface area contributed by atoms with Crippen LogP contribution in [-0.2, 0) is 0 Å². The van der Waals surface area contributed by atoms with Crippen LogP contribution in [0.3, 0.4) is 0 Å². The Morgan fingerprint density at radius 1 is 0.133 bits per heavy atom. The van der Waals surface area contributed by atoms with Gasteiger partial charge in [0.1, 0.15) is 0 Å². The summed E-state index contributed by atoms with van der Waals surface area (Å²) in [5.41, 5.74) is 39.0. The Morgan fingerprint density at radius 2 is 0.341 bits per heavy atom. The molecule has 638 valence electrons. The second-order valence-electron chi connectivity index (χ2n) is 33.2. The second-order valence-corrected chi connectivity index (χ2v) is 33.2. The maximum atomic E-state index is 5.13. The van der Waals surface area contributed by atoms with Crippen LogP contribution in [0.4, 0.5) is 34.1 Å². The van der Waals surface area contributed by atoms with Crippen molar-refractivity contribution < 1.29 is 0 Å². The van der Waals surface area contributed by atoms with Crippen LogP contribution in [0.5, 0.6) is 0 Å². The van der Waals surface area contributed by atoms with Gasteiger partial charge in [-0.25, -0.2) is 29.9 Å². The first-order valence-corrected chi connectivity index (χ1v) is 45.6. The Labute approximate surface area is 787 Å². The van der Waals surface area contributed by atoms with Crippen LogP contribution in [0.15, 0.2) is 540 Å². The fourth-order valence-corrected chi connectivity index (χ4v) is 17.8. The van der Waals surface area contributed by atoms with Crippen LogP contribution in [0.1, 0.15) is 22.6 Å². The lowest BCUT2D eigenvalue weighted by Gasteiger charge is -2.28. The fourth-order valence-electron chi connectivity index (χ4n) is 17.8. The summed E-state index contributed by atoms with van der Waals surface area (Å²) < 4.78 is 0. The number of hydrogen-bond acceptors (Lipinski definition) is 8. The maximum absolute atomic E-state index is 5.13. The van der Waals surface area contributed by atoms with Crippen LogP contribution in [0.25, 0.3) is 156 Å². The average molecular weight is 1730 g/mol. The number of para-hydroxylation sites is 8. The molecule has 0 bridgehead atoms. The molecule has 0 N–H and O–H groups in total. The highest BCUT2D eigenvalue weighted by atomic mass is 15.1. The highest BCUT2D eigenvalue weighted by Gasteiger charge is 2.24. The summed E-state index contributed by atoms with van der Waals surface area (Å²) in [6, 6.07) is 189. The Hall–Kier alpha value is -18.0. The van der Waals surface area contributed by atoms with E-state index in [1.165, 1.54) is 72.3 Å². The average Bonchev–Trinajstić information content (AvgIpc) is 0.777. The first-order valence-electron chi connectivity index (χ1n) is 45.6. The molecule has 3 aromatic heterocycles. The van der Waals surface area contributed by atoms with Gasteiger partial charge in [-0.3, -0.25) is 0 Å². The topological polar surface area (TPSA) is 83.8 Å². The lowest BCUT2D eigenvalue weighted by molar-refractivity contribution is 0.978. The van der Waals surface area contributed by atoms with Crippen molar-refractivity contribution in [2.75, 3.05) is 9.80 Å². The van der Waals surface area contributed by atoms with Gasteiger partial charge < -0.3 is 9.80 Å². The largest absolute Gasteiger partial charge is 0.311 e. The van der Waals surface area contributed by atoms with E-state index < -0.39 is 0 Å².